The first-order valence-corrected chi connectivity index (χ1v) is 13.2. The second-order valence-electron chi connectivity index (χ2n) is 10.4. The molecule has 3 heterocycles. The molecule has 3 saturated heterocycles. The summed E-state index contributed by atoms with van der Waals surface area (Å²) in [6.07, 6.45) is 3.95. The summed E-state index contributed by atoms with van der Waals surface area (Å²) in [5.74, 6) is -1.73. The van der Waals surface area contributed by atoms with Gasteiger partial charge in [-0.25, -0.2) is 0 Å². The summed E-state index contributed by atoms with van der Waals surface area (Å²) < 4.78 is 12.0. The number of unbranched alkanes of at least 4 members (excludes halogenated alkanes) is 2. The monoisotopic (exact) mass is 501 g/mol. The van der Waals surface area contributed by atoms with Crippen molar-refractivity contribution in [1.29, 1.82) is 0 Å². The summed E-state index contributed by atoms with van der Waals surface area (Å²) in [5.41, 5.74) is -1.35. The largest absolute Gasteiger partial charge is 0.494 e. The van der Waals surface area contributed by atoms with E-state index in [4.69, 9.17) is 9.47 Å². The Morgan fingerprint density at radius 2 is 1.92 bits per heavy atom. The maximum Gasteiger partial charge on any atom is 0.245 e. The molecule has 3 fully saturated rings. The number of fused-ring (bicyclic) bond motifs is 1. The van der Waals surface area contributed by atoms with Gasteiger partial charge < -0.3 is 30.1 Å². The van der Waals surface area contributed by atoms with Crippen molar-refractivity contribution in [3.05, 3.63) is 24.3 Å². The Morgan fingerprint density at radius 3 is 2.56 bits per heavy atom. The molecular weight excluding hydrogens is 462 g/mol. The number of nitrogens with zero attached hydrogens (tertiary/aromatic N) is 1. The molecule has 2 bridgehead atoms. The van der Waals surface area contributed by atoms with Gasteiger partial charge in [0, 0.05) is 12.2 Å². The molecule has 3 amide bonds. The summed E-state index contributed by atoms with van der Waals surface area (Å²) in [6, 6.07) is 5.63. The van der Waals surface area contributed by atoms with Crippen molar-refractivity contribution in [1.82, 2.24) is 10.2 Å². The first-order chi connectivity index (χ1) is 17.2. The molecule has 2 unspecified atom stereocenters. The van der Waals surface area contributed by atoms with E-state index >= 15 is 0 Å². The maximum absolute atomic E-state index is 13.8. The number of hydrogen-bond donors (Lipinski definition) is 3. The lowest BCUT2D eigenvalue weighted by Gasteiger charge is -2.35. The van der Waals surface area contributed by atoms with Gasteiger partial charge in [-0.05, 0) is 64.3 Å². The maximum atomic E-state index is 13.8. The highest BCUT2D eigenvalue weighted by molar-refractivity contribution is 6.02. The van der Waals surface area contributed by atoms with Gasteiger partial charge in [-0.15, -0.1) is 0 Å². The van der Waals surface area contributed by atoms with Crippen LogP contribution in [0.1, 0.15) is 59.8 Å². The molecule has 3 N–H and O–H groups in total. The predicted octanol–water partition coefficient (Wildman–Crippen LogP) is 2.48. The van der Waals surface area contributed by atoms with E-state index in [-0.39, 0.29) is 24.3 Å². The van der Waals surface area contributed by atoms with Gasteiger partial charge in [0.15, 0.2) is 0 Å². The summed E-state index contributed by atoms with van der Waals surface area (Å²) in [7, 11) is 0. The zero-order chi connectivity index (χ0) is 26.1. The normalized spacial score (nSPS) is 31.3. The molecule has 1 aromatic carbocycles. The molecule has 0 radical (unpaired) electrons. The first-order valence-electron chi connectivity index (χ1n) is 13.2. The van der Waals surface area contributed by atoms with Crippen LogP contribution >= 0.6 is 0 Å². The number of rotatable bonds is 11. The number of hydrogen-bond acceptors (Lipinski definition) is 6. The number of benzene rings is 1. The Labute approximate surface area is 212 Å². The van der Waals surface area contributed by atoms with E-state index in [9.17, 15) is 19.5 Å². The number of likely N-dealkylation sites (tertiary alicyclic amines) is 1. The smallest absolute Gasteiger partial charge is 0.245 e. The van der Waals surface area contributed by atoms with Gasteiger partial charge in [0.1, 0.15) is 17.4 Å². The van der Waals surface area contributed by atoms with E-state index in [0.717, 1.165) is 19.3 Å². The molecule has 3 aliphatic rings. The number of carbonyl (C=O) groups excluding carboxylic acids is 3. The Balaban J connectivity index is 1.61. The van der Waals surface area contributed by atoms with Gasteiger partial charge in [0.05, 0.1) is 36.7 Å². The topological polar surface area (TPSA) is 117 Å². The van der Waals surface area contributed by atoms with E-state index < -0.39 is 35.1 Å². The van der Waals surface area contributed by atoms with Crippen molar-refractivity contribution in [3.63, 3.8) is 0 Å². The fourth-order valence-corrected chi connectivity index (χ4v) is 6.33. The minimum absolute atomic E-state index is 0.279. The van der Waals surface area contributed by atoms with Gasteiger partial charge in [0.25, 0.3) is 0 Å². The van der Waals surface area contributed by atoms with Crippen molar-refractivity contribution >= 4 is 23.4 Å². The van der Waals surface area contributed by atoms with Crippen LogP contribution in [0.25, 0.3) is 0 Å². The van der Waals surface area contributed by atoms with Crippen molar-refractivity contribution in [2.75, 3.05) is 25.1 Å². The quantitative estimate of drug-likeness (QED) is 0.401. The average Bonchev–Trinajstić information content (AvgIpc) is 3.43. The zero-order valence-corrected chi connectivity index (χ0v) is 21.7. The van der Waals surface area contributed by atoms with E-state index in [1.54, 1.807) is 31.2 Å². The highest BCUT2D eigenvalue weighted by Crippen LogP contribution is 2.63. The molecule has 0 saturated carbocycles. The van der Waals surface area contributed by atoms with Crippen molar-refractivity contribution in [3.8, 4) is 5.75 Å². The Kier molecular flexibility index (Phi) is 7.61. The lowest BCUT2D eigenvalue weighted by Crippen LogP contribution is -2.57. The molecule has 1 aromatic rings. The fourth-order valence-electron chi connectivity index (χ4n) is 6.33. The third kappa shape index (κ3) is 4.36. The van der Waals surface area contributed by atoms with E-state index in [2.05, 4.69) is 17.6 Å². The number of aliphatic hydroxyl groups is 1. The molecule has 198 valence electrons. The van der Waals surface area contributed by atoms with E-state index in [1.807, 2.05) is 13.8 Å². The van der Waals surface area contributed by atoms with Gasteiger partial charge in [-0.1, -0.05) is 19.8 Å². The van der Waals surface area contributed by atoms with Crippen molar-refractivity contribution in [2.45, 2.75) is 83.1 Å². The molecule has 9 nitrogen and oxygen atoms in total. The number of ether oxygens (including phenoxy) is 2. The van der Waals surface area contributed by atoms with Crippen LogP contribution in [0.3, 0.4) is 0 Å². The highest BCUT2D eigenvalue weighted by Gasteiger charge is 2.78. The summed E-state index contributed by atoms with van der Waals surface area (Å²) in [6.45, 7) is 8.36. The average molecular weight is 502 g/mol. The minimum atomic E-state index is -1.09. The number of nitrogens with one attached hydrogen (secondary N) is 2. The standard InChI is InChI=1S/C27H39N3O6/c1-5-7-8-15-28-24(33)22-27-14-13-26(4,36-27)20(21(27)25(34)30(22)17(3)16-31)23(32)29-18-9-11-19(12-10-18)35-6-2/h9-12,17,20-22,31H,5-8,13-16H2,1-4H3,(H,28,33)(H,29,32)/t17-,20-,21+,22?,26+,27?/m1/s1. The van der Waals surface area contributed by atoms with E-state index in [1.165, 1.54) is 4.90 Å². The van der Waals surface area contributed by atoms with Crippen LogP contribution < -0.4 is 15.4 Å². The van der Waals surface area contributed by atoms with Crippen LogP contribution in [-0.4, -0.2) is 70.8 Å². The van der Waals surface area contributed by atoms with Crippen LogP contribution in [-0.2, 0) is 19.1 Å². The lowest BCUT2D eigenvalue weighted by molar-refractivity contribution is -0.148. The second-order valence-corrected chi connectivity index (χ2v) is 10.4. The van der Waals surface area contributed by atoms with Gasteiger partial charge in [-0.2, -0.15) is 0 Å². The first kappa shape index (κ1) is 26.4. The molecule has 9 heteroatoms. The number of carbonyl (C=O) groups is 3. The molecule has 3 aliphatic heterocycles. The van der Waals surface area contributed by atoms with Gasteiger partial charge >= 0.3 is 0 Å². The van der Waals surface area contributed by atoms with Crippen LogP contribution in [0, 0.1) is 11.8 Å². The van der Waals surface area contributed by atoms with Crippen LogP contribution in [0.5, 0.6) is 5.75 Å². The number of aliphatic hydroxyl groups excluding tert-OH is 1. The number of amides is 3. The molecule has 0 aromatic heterocycles. The minimum Gasteiger partial charge on any atom is -0.494 e. The van der Waals surface area contributed by atoms with E-state index in [0.29, 0.717) is 37.4 Å². The SMILES string of the molecule is CCCCCNC(=O)C1N([C@H](C)CO)C(=O)[C@@H]2[C@H](C(=O)Nc3ccc(OCC)cc3)[C@]3(C)CCC12O3. The molecular formula is C27H39N3O6. The molecule has 1 spiro atoms. The number of anilines is 1. The Bertz CT molecular complexity index is 984. The molecule has 0 aliphatic carbocycles. The van der Waals surface area contributed by atoms with Crippen LogP contribution in [0.15, 0.2) is 24.3 Å². The third-order valence-electron chi connectivity index (χ3n) is 8.00. The zero-order valence-electron chi connectivity index (χ0n) is 21.7. The Hall–Kier alpha value is -2.65. The fraction of sp³-hybridized carbons (Fsp3) is 0.667. The summed E-state index contributed by atoms with van der Waals surface area (Å²) in [5, 5.41) is 15.8. The highest BCUT2D eigenvalue weighted by atomic mass is 16.5. The lowest BCUT2D eigenvalue weighted by atomic mass is 9.66. The van der Waals surface area contributed by atoms with Gasteiger partial charge in [-0.3, -0.25) is 14.4 Å². The summed E-state index contributed by atoms with van der Waals surface area (Å²) >= 11 is 0. The molecule has 36 heavy (non-hydrogen) atoms. The second kappa shape index (κ2) is 10.4. The Morgan fingerprint density at radius 1 is 1.19 bits per heavy atom. The molecule has 4 rings (SSSR count). The van der Waals surface area contributed by atoms with Crippen LogP contribution in [0.4, 0.5) is 5.69 Å². The third-order valence-corrected chi connectivity index (χ3v) is 8.00. The van der Waals surface area contributed by atoms with Crippen molar-refractivity contribution in [2.24, 2.45) is 11.8 Å². The summed E-state index contributed by atoms with van der Waals surface area (Å²) in [4.78, 5) is 42.4. The van der Waals surface area contributed by atoms with Gasteiger partial charge in [0.2, 0.25) is 17.7 Å². The van der Waals surface area contributed by atoms with Crippen molar-refractivity contribution < 1.29 is 29.0 Å². The predicted molar refractivity (Wildman–Crippen MR) is 134 cm³/mol. The molecule has 6 atom stereocenters. The van der Waals surface area contributed by atoms with Crippen LogP contribution in [0.2, 0.25) is 0 Å².